The maximum absolute atomic E-state index is 12.4. The summed E-state index contributed by atoms with van der Waals surface area (Å²) in [4.78, 5) is 21.3. The van der Waals surface area contributed by atoms with Gasteiger partial charge in [-0.3, -0.25) is 4.79 Å². The van der Waals surface area contributed by atoms with Gasteiger partial charge in [-0.25, -0.2) is 9.67 Å². The zero-order chi connectivity index (χ0) is 22.8. The average Bonchev–Trinajstić information content (AvgIpc) is 3.02. The van der Waals surface area contributed by atoms with Crippen LogP contribution in [0.5, 0.6) is 11.6 Å². The Balaban J connectivity index is 1.50. The van der Waals surface area contributed by atoms with Crippen molar-refractivity contribution in [3.63, 3.8) is 0 Å². The molecule has 4 rings (SSSR count). The lowest BCUT2D eigenvalue weighted by Crippen LogP contribution is -2.11. The van der Waals surface area contributed by atoms with Crippen LogP contribution in [0.2, 0.25) is 0 Å². The van der Waals surface area contributed by atoms with Gasteiger partial charge >= 0.3 is 0 Å². The third kappa shape index (κ3) is 4.51. The minimum atomic E-state index is -0.154. The number of benzene rings is 2. The Morgan fingerprint density at radius 3 is 2.34 bits per heavy atom. The van der Waals surface area contributed by atoms with Crippen molar-refractivity contribution >= 4 is 11.6 Å². The van der Waals surface area contributed by atoms with E-state index in [4.69, 9.17) is 4.74 Å². The van der Waals surface area contributed by atoms with Crippen LogP contribution in [0.3, 0.4) is 0 Å². The molecule has 0 atom stereocenters. The van der Waals surface area contributed by atoms with E-state index in [1.165, 1.54) is 0 Å². The first kappa shape index (κ1) is 21.2. The largest absolute Gasteiger partial charge is 0.439 e. The zero-order valence-electron chi connectivity index (χ0n) is 18.8. The number of nitrogens with zero attached hydrogens (tertiary/aromatic N) is 4. The van der Waals surface area contributed by atoms with Gasteiger partial charge in [-0.15, -0.1) is 0 Å². The summed E-state index contributed by atoms with van der Waals surface area (Å²) < 4.78 is 7.76. The first-order chi connectivity index (χ1) is 15.3. The number of aromatic nitrogens is 4. The number of hydrogen-bond donors (Lipinski definition) is 1. The molecule has 2 aromatic carbocycles. The van der Waals surface area contributed by atoms with Gasteiger partial charge in [-0.1, -0.05) is 17.7 Å². The number of rotatable bonds is 5. The minimum absolute atomic E-state index is 0.154. The molecule has 4 aromatic rings. The first-order valence-electron chi connectivity index (χ1n) is 10.3. The summed E-state index contributed by atoms with van der Waals surface area (Å²) in [6.45, 7) is 9.80. The van der Waals surface area contributed by atoms with Gasteiger partial charge in [-0.05, 0) is 76.6 Å². The van der Waals surface area contributed by atoms with Gasteiger partial charge in [0.15, 0.2) is 5.82 Å². The Labute approximate surface area is 187 Å². The fraction of sp³-hybridized carbons (Fsp3) is 0.200. The van der Waals surface area contributed by atoms with E-state index in [0.29, 0.717) is 34.5 Å². The molecule has 1 N–H and O–H groups in total. The normalized spacial score (nSPS) is 10.8. The molecule has 0 aliphatic carbocycles. The summed E-state index contributed by atoms with van der Waals surface area (Å²) in [5.74, 6) is 2.12. The average molecular weight is 428 g/mol. The lowest BCUT2D eigenvalue weighted by Gasteiger charge is -2.10. The summed E-state index contributed by atoms with van der Waals surface area (Å²) in [5, 5.41) is 7.47. The van der Waals surface area contributed by atoms with Crippen molar-refractivity contribution in [2.45, 2.75) is 34.6 Å². The van der Waals surface area contributed by atoms with Crippen LogP contribution >= 0.6 is 0 Å². The van der Waals surface area contributed by atoms with Crippen LogP contribution in [0.15, 0.2) is 54.6 Å². The number of nitrogens with one attached hydrogen (secondary N) is 1. The van der Waals surface area contributed by atoms with E-state index in [-0.39, 0.29) is 5.91 Å². The smallest absolute Gasteiger partial charge is 0.255 e. The summed E-state index contributed by atoms with van der Waals surface area (Å²) in [7, 11) is 0. The fourth-order valence-electron chi connectivity index (χ4n) is 3.35. The molecular formula is C25H25N5O2. The highest BCUT2D eigenvalue weighted by molar-refractivity contribution is 6.04. The monoisotopic (exact) mass is 427 g/mol. The molecule has 0 saturated heterocycles. The number of hydrogen-bond acceptors (Lipinski definition) is 5. The zero-order valence-corrected chi connectivity index (χ0v) is 18.8. The van der Waals surface area contributed by atoms with Crippen molar-refractivity contribution in [1.82, 2.24) is 19.7 Å². The van der Waals surface area contributed by atoms with Crippen molar-refractivity contribution in [2.75, 3.05) is 5.32 Å². The molecule has 0 radical (unpaired) electrons. The Morgan fingerprint density at radius 2 is 1.69 bits per heavy atom. The lowest BCUT2D eigenvalue weighted by molar-refractivity contribution is 0.102. The van der Waals surface area contributed by atoms with Crippen LogP contribution in [0.4, 0.5) is 5.69 Å². The van der Waals surface area contributed by atoms with Gasteiger partial charge in [0.25, 0.3) is 5.91 Å². The Hall–Kier alpha value is -4.00. The van der Waals surface area contributed by atoms with E-state index in [2.05, 4.69) is 20.4 Å². The molecule has 2 aromatic heterocycles. The highest BCUT2D eigenvalue weighted by Crippen LogP contribution is 2.24. The predicted octanol–water partition coefficient (Wildman–Crippen LogP) is 5.25. The van der Waals surface area contributed by atoms with Gasteiger partial charge in [0, 0.05) is 23.0 Å². The van der Waals surface area contributed by atoms with Crippen molar-refractivity contribution in [3.05, 3.63) is 88.5 Å². The highest BCUT2D eigenvalue weighted by Gasteiger charge is 2.13. The number of carbonyl (C=O) groups excluding carboxylic acids is 1. The number of amides is 1. The summed E-state index contributed by atoms with van der Waals surface area (Å²) in [6.07, 6.45) is 0. The molecule has 0 spiro atoms. The van der Waals surface area contributed by atoms with E-state index >= 15 is 0 Å². The fourth-order valence-corrected chi connectivity index (χ4v) is 3.35. The molecule has 0 saturated carbocycles. The molecule has 2 heterocycles. The number of ether oxygens (including phenoxy) is 1. The van der Waals surface area contributed by atoms with Crippen LogP contribution in [0, 0.1) is 34.6 Å². The van der Waals surface area contributed by atoms with Crippen LogP contribution in [-0.4, -0.2) is 25.7 Å². The molecule has 0 aliphatic rings. The molecule has 7 nitrogen and oxygen atoms in total. The van der Waals surface area contributed by atoms with Gasteiger partial charge < -0.3 is 10.1 Å². The molecule has 0 unspecified atom stereocenters. The van der Waals surface area contributed by atoms with E-state index < -0.39 is 0 Å². The third-order valence-electron chi connectivity index (χ3n) is 5.29. The van der Waals surface area contributed by atoms with Crippen molar-refractivity contribution in [1.29, 1.82) is 0 Å². The van der Waals surface area contributed by atoms with Gasteiger partial charge in [0.05, 0.1) is 5.69 Å². The van der Waals surface area contributed by atoms with Crippen LogP contribution in [-0.2, 0) is 0 Å². The highest BCUT2D eigenvalue weighted by atomic mass is 16.5. The van der Waals surface area contributed by atoms with E-state index in [1.54, 1.807) is 41.1 Å². The van der Waals surface area contributed by atoms with Crippen LogP contribution in [0.1, 0.15) is 38.7 Å². The topological polar surface area (TPSA) is 81.9 Å². The Morgan fingerprint density at radius 1 is 0.938 bits per heavy atom. The van der Waals surface area contributed by atoms with Gasteiger partial charge in [0.2, 0.25) is 5.88 Å². The molecule has 7 heteroatoms. The lowest BCUT2D eigenvalue weighted by atomic mass is 10.1. The standard InChI is InChI=1S/C25H25N5O2/c1-15-7-6-8-20(13-15)25(31)28-21-9-11-22(12-10-21)32-24-14-23(26-19(5)27-24)30-18(4)16(2)17(3)29-30/h6-14H,1-5H3,(H,28,31). The Bertz CT molecular complexity index is 1290. The second-order valence-electron chi connectivity index (χ2n) is 7.77. The van der Waals surface area contributed by atoms with Crippen molar-refractivity contribution in [2.24, 2.45) is 0 Å². The summed E-state index contributed by atoms with van der Waals surface area (Å²) >= 11 is 0. The van der Waals surface area contributed by atoms with Crippen molar-refractivity contribution < 1.29 is 9.53 Å². The second kappa shape index (κ2) is 8.63. The SMILES string of the molecule is Cc1cccc(C(=O)Nc2ccc(Oc3cc(-n4nc(C)c(C)c4C)nc(C)n3)cc2)c1. The Kier molecular flexibility index (Phi) is 5.73. The molecule has 1 amide bonds. The van der Waals surface area contributed by atoms with E-state index in [1.807, 2.05) is 52.8 Å². The number of aryl methyl sites for hydroxylation is 3. The molecule has 162 valence electrons. The van der Waals surface area contributed by atoms with E-state index in [0.717, 1.165) is 22.5 Å². The second-order valence-corrected chi connectivity index (χ2v) is 7.77. The predicted molar refractivity (Wildman–Crippen MR) is 124 cm³/mol. The summed E-state index contributed by atoms with van der Waals surface area (Å²) in [5.41, 5.74) is 5.46. The van der Waals surface area contributed by atoms with Crippen LogP contribution < -0.4 is 10.1 Å². The maximum atomic E-state index is 12.4. The molecule has 0 fully saturated rings. The molecule has 0 aliphatic heterocycles. The number of anilines is 1. The first-order valence-corrected chi connectivity index (χ1v) is 10.3. The quantitative estimate of drug-likeness (QED) is 0.470. The van der Waals surface area contributed by atoms with Crippen molar-refractivity contribution in [3.8, 4) is 17.4 Å². The van der Waals surface area contributed by atoms with Gasteiger partial charge in [0.1, 0.15) is 11.6 Å². The summed E-state index contributed by atoms with van der Waals surface area (Å²) in [6, 6.07) is 16.4. The molecular weight excluding hydrogens is 402 g/mol. The van der Waals surface area contributed by atoms with Crippen LogP contribution in [0.25, 0.3) is 5.82 Å². The van der Waals surface area contributed by atoms with E-state index in [9.17, 15) is 4.79 Å². The minimum Gasteiger partial charge on any atom is -0.439 e. The number of carbonyl (C=O) groups is 1. The third-order valence-corrected chi connectivity index (χ3v) is 5.29. The van der Waals surface area contributed by atoms with Gasteiger partial charge in [-0.2, -0.15) is 10.1 Å². The molecule has 0 bridgehead atoms. The molecule has 32 heavy (non-hydrogen) atoms. The maximum Gasteiger partial charge on any atom is 0.255 e.